The van der Waals surface area contributed by atoms with Crippen molar-refractivity contribution in [3.8, 4) is 5.75 Å². The van der Waals surface area contributed by atoms with Crippen LogP contribution in [0.1, 0.15) is 10.4 Å². The number of carbonyl (C=O) groups is 1. The molecular formula is C16H12F2N2O2S. The van der Waals surface area contributed by atoms with Crippen LogP contribution in [0, 0.1) is 0 Å². The molecule has 4 nitrogen and oxygen atoms in total. The lowest BCUT2D eigenvalue weighted by molar-refractivity contribution is -0.0498. The van der Waals surface area contributed by atoms with Crippen LogP contribution in [0.3, 0.4) is 0 Å². The Morgan fingerprint density at radius 2 is 1.91 bits per heavy atom. The average Bonchev–Trinajstić information content (AvgIpc) is 2.95. The fourth-order valence-corrected chi connectivity index (χ4v) is 2.89. The van der Waals surface area contributed by atoms with E-state index >= 15 is 0 Å². The maximum absolute atomic E-state index is 12.1. The van der Waals surface area contributed by atoms with Gasteiger partial charge in [0.15, 0.2) is 10.9 Å². The molecule has 7 heteroatoms. The van der Waals surface area contributed by atoms with Crippen molar-refractivity contribution in [2.24, 2.45) is 0 Å². The van der Waals surface area contributed by atoms with E-state index in [1.54, 1.807) is 0 Å². The molecule has 0 bridgehead atoms. The van der Waals surface area contributed by atoms with Crippen molar-refractivity contribution in [3.05, 3.63) is 54.1 Å². The van der Waals surface area contributed by atoms with E-state index < -0.39 is 6.61 Å². The fraction of sp³-hybridized carbons (Fsp3) is 0.125. The van der Waals surface area contributed by atoms with Crippen molar-refractivity contribution in [2.75, 3.05) is 11.9 Å². The number of halogens is 2. The Bertz CT molecular complexity index is 785. The third-order valence-electron chi connectivity index (χ3n) is 3.10. The third kappa shape index (κ3) is 3.81. The Labute approximate surface area is 134 Å². The van der Waals surface area contributed by atoms with Gasteiger partial charge in [0, 0.05) is 5.56 Å². The highest BCUT2D eigenvalue weighted by Crippen LogP contribution is 2.25. The number of thiazole rings is 1. The van der Waals surface area contributed by atoms with Gasteiger partial charge < -0.3 is 10.1 Å². The van der Waals surface area contributed by atoms with Gasteiger partial charge in [0.1, 0.15) is 5.75 Å². The second kappa shape index (κ2) is 6.70. The smallest absolute Gasteiger partial charge is 0.387 e. The molecule has 0 amide bonds. The summed E-state index contributed by atoms with van der Waals surface area (Å²) in [5.74, 6) is -0.136. The number of para-hydroxylation sites is 1. The molecule has 0 radical (unpaired) electrons. The molecule has 0 saturated heterocycles. The summed E-state index contributed by atoms with van der Waals surface area (Å²) in [5, 5.41) is 3.65. The number of hydrogen-bond donors (Lipinski definition) is 1. The van der Waals surface area contributed by atoms with Crippen molar-refractivity contribution >= 4 is 32.5 Å². The van der Waals surface area contributed by atoms with Crippen molar-refractivity contribution in [3.63, 3.8) is 0 Å². The molecule has 0 fully saturated rings. The third-order valence-corrected chi connectivity index (χ3v) is 4.09. The molecule has 1 N–H and O–H groups in total. The Morgan fingerprint density at radius 1 is 1.17 bits per heavy atom. The maximum Gasteiger partial charge on any atom is 0.387 e. The predicted octanol–water partition coefficient (Wildman–Crippen LogP) is 4.19. The van der Waals surface area contributed by atoms with Crippen LogP contribution in [0.25, 0.3) is 10.2 Å². The van der Waals surface area contributed by atoms with Gasteiger partial charge in [-0.15, -0.1) is 0 Å². The lowest BCUT2D eigenvalue weighted by atomic mass is 10.1. The Balaban J connectivity index is 1.62. The molecule has 0 atom stereocenters. The summed E-state index contributed by atoms with van der Waals surface area (Å²) < 4.78 is 29.4. The summed E-state index contributed by atoms with van der Waals surface area (Å²) in [6, 6.07) is 13.3. The van der Waals surface area contributed by atoms with Gasteiger partial charge in [0.25, 0.3) is 0 Å². The Morgan fingerprint density at radius 3 is 2.61 bits per heavy atom. The Hall–Kier alpha value is -2.54. The molecule has 3 rings (SSSR count). The minimum absolute atomic E-state index is 0.0238. The number of carbonyl (C=O) groups excluding carboxylic acids is 1. The zero-order chi connectivity index (χ0) is 16.2. The van der Waals surface area contributed by atoms with Crippen molar-refractivity contribution < 1.29 is 18.3 Å². The molecule has 0 aliphatic carbocycles. The van der Waals surface area contributed by atoms with Gasteiger partial charge in [-0.3, -0.25) is 4.79 Å². The maximum atomic E-state index is 12.1. The van der Waals surface area contributed by atoms with Crippen LogP contribution >= 0.6 is 11.3 Å². The second-order valence-electron chi connectivity index (χ2n) is 4.67. The van der Waals surface area contributed by atoms with E-state index in [4.69, 9.17) is 0 Å². The normalized spacial score (nSPS) is 10.9. The summed E-state index contributed by atoms with van der Waals surface area (Å²) in [6.45, 7) is -2.80. The molecule has 0 spiro atoms. The van der Waals surface area contributed by atoms with E-state index in [0.29, 0.717) is 10.7 Å². The number of ketones is 1. The van der Waals surface area contributed by atoms with Gasteiger partial charge in [0.2, 0.25) is 0 Å². The number of nitrogens with one attached hydrogen (secondary N) is 1. The van der Waals surface area contributed by atoms with Crippen LogP contribution < -0.4 is 10.1 Å². The number of anilines is 1. The standard InChI is InChI=1S/C16H12F2N2O2S/c17-15(18)22-11-7-5-10(6-8-11)13(21)9-19-16-20-12-3-1-2-4-14(12)23-16/h1-8,15H,9H2,(H,19,20). The highest BCUT2D eigenvalue weighted by Gasteiger charge is 2.09. The van der Waals surface area contributed by atoms with Gasteiger partial charge in [-0.2, -0.15) is 8.78 Å². The monoisotopic (exact) mass is 334 g/mol. The van der Waals surface area contributed by atoms with Crippen molar-refractivity contribution in [1.82, 2.24) is 4.98 Å². The highest BCUT2D eigenvalue weighted by atomic mass is 32.1. The number of rotatable bonds is 6. The summed E-state index contributed by atoms with van der Waals surface area (Å²) in [7, 11) is 0. The topological polar surface area (TPSA) is 51.2 Å². The first kappa shape index (κ1) is 15.4. The second-order valence-corrected chi connectivity index (χ2v) is 5.70. The van der Waals surface area contributed by atoms with Crippen molar-refractivity contribution in [2.45, 2.75) is 6.61 Å². The van der Waals surface area contributed by atoms with E-state index in [9.17, 15) is 13.6 Å². The quantitative estimate of drug-likeness (QED) is 0.687. The first-order valence-corrected chi connectivity index (χ1v) is 7.61. The van der Waals surface area contributed by atoms with Gasteiger partial charge in [-0.1, -0.05) is 23.5 Å². The molecule has 0 aliphatic heterocycles. The van der Waals surface area contributed by atoms with Gasteiger partial charge in [-0.25, -0.2) is 4.98 Å². The van der Waals surface area contributed by atoms with Crippen LogP contribution in [0.5, 0.6) is 5.75 Å². The zero-order valence-electron chi connectivity index (χ0n) is 11.8. The van der Waals surface area contributed by atoms with Crippen LogP contribution in [0.15, 0.2) is 48.5 Å². The number of ether oxygens (including phenoxy) is 1. The molecule has 1 aromatic heterocycles. The minimum atomic E-state index is -2.88. The molecule has 0 saturated carbocycles. The van der Waals surface area contributed by atoms with E-state index in [1.807, 2.05) is 24.3 Å². The zero-order valence-corrected chi connectivity index (χ0v) is 12.6. The predicted molar refractivity (Wildman–Crippen MR) is 85.5 cm³/mol. The van der Waals surface area contributed by atoms with E-state index in [-0.39, 0.29) is 18.1 Å². The largest absolute Gasteiger partial charge is 0.435 e. The number of aromatic nitrogens is 1. The number of benzene rings is 2. The molecule has 0 unspecified atom stereocenters. The van der Waals surface area contributed by atoms with Gasteiger partial charge in [-0.05, 0) is 36.4 Å². The molecule has 0 aliphatic rings. The molecule has 118 valence electrons. The lowest BCUT2D eigenvalue weighted by Gasteiger charge is -2.05. The molecule has 1 heterocycles. The number of hydrogen-bond acceptors (Lipinski definition) is 5. The number of nitrogens with zero attached hydrogens (tertiary/aromatic N) is 1. The average molecular weight is 334 g/mol. The SMILES string of the molecule is O=C(CNc1nc2ccccc2s1)c1ccc(OC(F)F)cc1. The van der Waals surface area contributed by atoms with Gasteiger partial charge >= 0.3 is 6.61 Å². The van der Waals surface area contributed by atoms with E-state index in [2.05, 4.69) is 15.0 Å². The Kier molecular flexibility index (Phi) is 4.47. The number of alkyl halides is 2. The summed E-state index contributed by atoms with van der Waals surface area (Å²) in [4.78, 5) is 16.5. The molecule has 3 aromatic rings. The van der Waals surface area contributed by atoms with Crippen molar-refractivity contribution in [1.29, 1.82) is 0 Å². The molecule has 2 aromatic carbocycles. The van der Waals surface area contributed by atoms with Gasteiger partial charge in [0.05, 0.1) is 16.8 Å². The van der Waals surface area contributed by atoms with Crippen LogP contribution in [-0.4, -0.2) is 23.9 Å². The fourth-order valence-electron chi connectivity index (χ4n) is 2.03. The summed E-state index contributed by atoms with van der Waals surface area (Å²) in [5.41, 5.74) is 1.29. The van der Waals surface area contributed by atoms with E-state index in [1.165, 1.54) is 35.6 Å². The first-order valence-electron chi connectivity index (χ1n) is 6.79. The first-order chi connectivity index (χ1) is 11.1. The molecular weight excluding hydrogens is 322 g/mol. The number of Topliss-reactive ketones (excluding diaryl/α,β-unsaturated/α-hetero) is 1. The lowest BCUT2D eigenvalue weighted by Crippen LogP contribution is -2.13. The van der Waals surface area contributed by atoms with Crippen LogP contribution in [0.4, 0.5) is 13.9 Å². The minimum Gasteiger partial charge on any atom is -0.435 e. The molecule has 23 heavy (non-hydrogen) atoms. The van der Waals surface area contributed by atoms with Crippen LogP contribution in [-0.2, 0) is 0 Å². The van der Waals surface area contributed by atoms with Crippen LogP contribution in [0.2, 0.25) is 0 Å². The summed E-state index contributed by atoms with van der Waals surface area (Å²) in [6.07, 6.45) is 0. The summed E-state index contributed by atoms with van der Waals surface area (Å²) >= 11 is 1.47. The number of fused-ring (bicyclic) bond motifs is 1. The van der Waals surface area contributed by atoms with E-state index in [0.717, 1.165) is 10.2 Å². The highest BCUT2D eigenvalue weighted by molar-refractivity contribution is 7.22.